The van der Waals surface area contributed by atoms with Gasteiger partial charge in [0.15, 0.2) is 0 Å². The largest absolute Gasteiger partial charge is 0.345 e. The lowest BCUT2D eigenvalue weighted by Gasteiger charge is -2.31. The number of rotatable bonds is 5. The van der Waals surface area contributed by atoms with Gasteiger partial charge in [-0.05, 0) is 17.6 Å². The van der Waals surface area contributed by atoms with E-state index in [0.717, 1.165) is 11.1 Å². The van der Waals surface area contributed by atoms with Crippen LogP contribution in [0, 0.1) is 5.41 Å². The summed E-state index contributed by atoms with van der Waals surface area (Å²) in [6.45, 7) is 0. The molecule has 0 saturated carbocycles. The molecule has 1 aromatic carbocycles. The first-order chi connectivity index (χ1) is 13.7. The molecule has 28 heavy (non-hydrogen) atoms. The van der Waals surface area contributed by atoms with E-state index in [1.54, 1.807) is 6.08 Å². The minimum Gasteiger partial charge on any atom is -0.345 e. The highest BCUT2D eigenvalue weighted by Gasteiger charge is 2.45. The fraction of sp³-hybridized carbons (Fsp3) is 0.167. The van der Waals surface area contributed by atoms with Crippen molar-refractivity contribution < 1.29 is 9.59 Å². The molecule has 0 aromatic heterocycles. The van der Waals surface area contributed by atoms with E-state index in [0.29, 0.717) is 6.42 Å². The molecule has 4 heteroatoms. The zero-order valence-electron chi connectivity index (χ0n) is 15.4. The summed E-state index contributed by atoms with van der Waals surface area (Å²) in [7, 11) is 0. The molecule has 2 N–H and O–H groups in total. The minimum atomic E-state index is -1.27. The van der Waals surface area contributed by atoms with Crippen LogP contribution in [0.4, 0.5) is 0 Å². The van der Waals surface area contributed by atoms with Crippen LogP contribution in [0.1, 0.15) is 12.0 Å². The molecule has 0 aliphatic heterocycles. The standard InChI is InChI=1S/C24H22N2O2/c27-22(25-20-10-4-5-11-20)24(23(28)26-21-12-6-7-13-21)16-14-19(15-17-24)18-8-2-1-3-9-18/h1-16,20-21H,17H2,(H,25,27)(H,26,28). The molecule has 3 aliphatic rings. The summed E-state index contributed by atoms with van der Waals surface area (Å²) in [6, 6.07) is 9.59. The van der Waals surface area contributed by atoms with Crippen LogP contribution >= 0.6 is 0 Å². The van der Waals surface area contributed by atoms with Crippen molar-refractivity contribution in [3.05, 3.63) is 103 Å². The third kappa shape index (κ3) is 3.54. The first kappa shape index (κ1) is 18.0. The van der Waals surface area contributed by atoms with Crippen molar-refractivity contribution >= 4 is 17.4 Å². The molecule has 0 bridgehead atoms. The van der Waals surface area contributed by atoms with E-state index in [2.05, 4.69) is 10.6 Å². The van der Waals surface area contributed by atoms with Gasteiger partial charge in [0.1, 0.15) is 5.41 Å². The van der Waals surface area contributed by atoms with Crippen LogP contribution in [0.25, 0.3) is 5.57 Å². The maximum Gasteiger partial charge on any atom is 0.240 e. The van der Waals surface area contributed by atoms with E-state index < -0.39 is 5.41 Å². The predicted molar refractivity (Wildman–Crippen MR) is 111 cm³/mol. The predicted octanol–water partition coefficient (Wildman–Crippen LogP) is 3.24. The highest BCUT2D eigenvalue weighted by molar-refractivity contribution is 6.09. The van der Waals surface area contributed by atoms with E-state index in [-0.39, 0.29) is 23.9 Å². The van der Waals surface area contributed by atoms with Gasteiger partial charge in [0.2, 0.25) is 11.8 Å². The second kappa shape index (κ2) is 7.69. The summed E-state index contributed by atoms with van der Waals surface area (Å²) in [4.78, 5) is 26.4. The van der Waals surface area contributed by atoms with Crippen LogP contribution in [-0.4, -0.2) is 23.9 Å². The van der Waals surface area contributed by atoms with Gasteiger partial charge >= 0.3 is 0 Å². The molecule has 0 unspecified atom stereocenters. The third-order valence-electron chi connectivity index (χ3n) is 5.20. The van der Waals surface area contributed by atoms with Crippen molar-refractivity contribution in [1.82, 2.24) is 10.6 Å². The zero-order chi connectivity index (χ0) is 19.4. The van der Waals surface area contributed by atoms with Gasteiger partial charge in [-0.3, -0.25) is 9.59 Å². The summed E-state index contributed by atoms with van der Waals surface area (Å²) in [5.74, 6) is -0.589. The SMILES string of the molecule is O=C(NC1C=CC=C1)C1(C(=O)NC2C=CC=C2)C=CC(c2ccccc2)=CC1. The Morgan fingerprint density at radius 3 is 1.82 bits per heavy atom. The molecule has 4 nitrogen and oxygen atoms in total. The molecule has 0 spiro atoms. The number of hydrogen-bond donors (Lipinski definition) is 2. The number of nitrogens with one attached hydrogen (secondary N) is 2. The van der Waals surface area contributed by atoms with Gasteiger partial charge in [-0.1, -0.05) is 97.2 Å². The molecule has 0 fully saturated rings. The number of amides is 2. The number of benzene rings is 1. The molecule has 0 heterocycles. The van der Waals surface area contributed by atoms with E-state index in [1.165, 1.54) is 0 Å². The minimum absolute atomic E-state index is 0.184. The van der Waals surface area contributed by atoms with Gasteiger partial charge < -0.3 is 10.6 Å². The maximum absolute atomic E-state index is 13.2. The Bertz CT molecular complexity index is 882. The van der Waals surface area contributed by atoms with E-state index >= 15 is 0 Å². The summed E-state index contributed by atoms with van der Waals surface area (Å²) in [6.07, 6.45) is 21.0. The normalized spacial score (nSPS) is 19.8. The van der Waals surface area contributed by atoms with Crippen molar-refractivity contribution in [2.45, 2.75) is 18.5 Å². The molecule has 0 saturated heterocycles. The summed E-state index contributed by atoms with van der Waals surface area (Å²) < 4.78 is 0. The maximum atomic E-state index is 13.2. The zero-order valence-corrected chi connectivity index (χ0v) is 15.4. The van der Waals surface area contributed by atoms with E-state index in [9.17, 15) is 9.59 Å². The highest BCUT2D eigenvalue weighted by atomic mass is 16.2. The average molecular weight is 370 g/mol. The van der Waals surface area contributed by atoms with Crippen LogP contribution in [0.15, 0.2) is 97.2 Å². The van der Waals surface area contributed by atoms with Crippen LogP contribution in [-0.2, 0) is 9.59 Å². The summed E-state index contributed by atoms with van der Waals surface area (Å²) in [5.41, 5.74) is 0.807. The quantitative estimate of drug-likeness (QED) is 0.782. The highest BCUT2D eigenvalue weighted by Crippen LogP contribution is 2.34. The molecule has 0 atom stereocenters. The Balaban J connectivity index is 1.59. The summed E-state index contributed by atoms with van der Waals surface area (Å²) in [5, 5.41) is 5.92. The topological polar surface area (TPSA) is 58.2 Å². The van der Waals surface area contributed by atoms with Gasteiger partial charge in [-0.15, -0.1) is 0 Å². The molecule has 2 amide bonds. The Hall–Kier alpha value is -3.40. The van der Waals surface area contributed by atoms with Crippen molar-refractivity contribution in [3.8, 4) is 0 Å². The number of allylic oxidation sites excluding steroid dienone is 7. The van der Waals surface area contributed by atoms with Gasteiger partial charge in [-0.25, -0.2) is 0 Å². The molecule has 4 rings (SSSR count). The van der Waals surface area contributed by atoms with Gasteiger partial charge in [0, 0.05) is 0 Å². The first-order valence-electron chi connectivity index (χ1n) is 9.44. The van der Waals surface area contributed by atoms with E-state index in [1.807, 2.05) is 91.1 Å². The van der Waals surface area contributed by atoms with Crippen LogP contribution in [0.3, 0.4) is 0 Å². The van der Waals surface area contributed by atoms with Crippen molar-refractivity contribution in [2.75, 3.05) is 0 Å². The Labute approximate surface area is 164 Å². The monoisotopic (exact) mass is 370 g/mol. The van der Waals surface area contributed by atoms with Crippen molar-refractivity contribution in [3.63, 3.8) is 0 Å². The first-order valence-corrected chi connectivity index (χ1v) is 9.44. The lowest BCUT2D eigenvalue weighted by molar-refractivity contribution is -0.140. The molecule has 1 aromatic rings. The Morgan fingerprint density at radius 2 is 1.36 bits per heavy atom. The van der Waals surface area contributed by atoms with Crippen LogP contribution in [0.2, 0.25) is 0 Å². The fourth-order valence-electron chi connectivity index (χ4n) is 3.54. The Kier molecular flexibility index (Phi) is 4.94. The van der Waals surface area contributed by atoms with Crippen molar-refractivity contribution in [1.29, 1.82) is 0 Å². The second-order valence-electron chi connectivity index (χ2n) is 7.07. The van der Waals surface area contributed by atoms with Crippen molar-refractivity contribution in [2.24, 2.45) is 5.41 Å². The van der Waals surface area contributed by atoms with E-state index in [4.69, 9.17) is 0 Å². The number of carbonyl (C=O) groups is 2. The smallest absolute Gasteiger partial charge is 0.240 e. The van der Waals surface area contributed by atoms with Gasteiger partial charge in [0.05, 0.1) is 12.1 Å². The van der Waals surface area contributed by atoms with Crippen LogP contribution < -0.4 is 10.6 Å². The Morgan fingerprint density at radius 1 is 0.821 bits per heavy atom. The average Bonchev–Trinajstić information content (AvgIpc) is 3.43. The molecule has 3 aliphatic carbocycles. The molecular weight excluding hydrogens is 348 g/mol. The molecule has 140 valence electrons. The second-order valence-corrected chi connectivity index (χ2v) is 7.07. The number of carbonyl (C=O) groups excluding carboxylic acids is 2. The fourth-order valence-corrected chi connectivity index (χ4v) is 3.54. The van der Waals surface area contributed by atoms with Gasteiger partial charge in [0.25, 0.3) is 0 Å². The van der Waals surface area contributed by atoms with Gasteiger partial charge in [-0.2, -0.15) is 0 Å². The third-order valence-corrected chi connectivity index (χ3v) is 5.20. The molecule has 0 radical (unpaired) electrons. The lowest BCUT2D eigenvalue weighted by atomic mass is 9.77. The van der Waals surface area contributed by atoms with Crippen LogP contribution in [0.5, 0.6) is 0 Å². The number of hydrogen-bond acceptors (Lipinski definition) is 2. The molecular formula is C24H22N2O2. The summed E-state index contributed by atoms with van der Waals surface area (Å²) >= 11 is 0. The lowest BCUT2D eigenvalue weighted by Crippen LogP contribution is -2.53.